The first kappa shape index (κ1) is 34.2. The number of carboxylic acid groups (broad SMARTS) is 2. The summed E-state index contributed by atoms with van der Waals surface area (Å²) in [4.78, 5) is 62.2. The third-order valence-corrected chi connectivity index (χ3v) is 11.4. The molecule has 3 aliphatic rings. The molecule has 0 spiro atoms. The summed E-state index contributed by atoms with van der Waals surface area (Å²) in [6, 6.07) is 2.69. The highest BCUT2D eigenvalue weighted by Crippen LogP contribution is 2.49. The normalized spacial score (nSPS) is 22.3. The van der Waals surface area contributed by atoms with Crippen molar-refractivity contribution in [2.75, 3.05) is 25.4 Å². The first-order chi connectivity index (χ1) is 23.1. The van der Waals surface area contributed by atoms with E-state index in [0.717, 1.165) is 37.3 Å². The maximum absolute atomic E-state index is 13.7. The average Bonchev–Trinajstić information content (AvgIpc) is 3.78. The number of aromatic hydroxyl groups is 2. The standard InChI is InChI=1S/C31H34N6O10S2/c1-14-17(11-37(6-4-5-7-37)12-18-15-8-20(38)21(39)10-23(15)46-34-18)25(28(42)43)36-26(41)16(27(36)49-14)9-22(40)24(19-13-48-30(32)33-19)35-47-31(2,3)29(44)45/h8,10,13-14,16,27H,4-7,9,11-12H2,1-3H3,(H5-,32,33,34,35,38,39,40,42,43,44,45)/p+1/t14-,16+,27+/m0/s1. The third kappa shape index (κ3) is 6.30. The molecule has 0 aliphatic carbocycles. The molecule has 49 heavy (non-hydrogen) atoms. The molecule has 6 rings (SSSR count). The van der Waals surface area contributed by atoms with E-state index in [9.17, 15) is 39.6 Å². The zero-order valence-corrected chi connectivity index (χ0v) is 28.4. The number of carbonyl (C=O) groups is 4. The highest BCUT2D eigenvalue weighted by molar-refractivity contribution is 8.00. The van der Waals surface area contributed by atoms with E-state index in [4.69, 9.17) is 15.1 Å². The Bertz CT molecular complexity index is 1930. The lowest BCUT2D eigenvalue weighted by Gasteiger charge is -2.51. The number of nitrogens with zero attached hydrogens (tertiary/aromatic N) is 5. The minimum absolute atomic E-state index is 0.0712. The number of fused-ring (bicyclic) bond motifs is 2. The number of amides is 1. The van der Waals surface area contributed by atoms with Crippen molar-refractivity contribution < 1.29 is 53.4 Å². The maximum atomic E-state index is 13.7. The molecular formula is C31H35N6O10S2+. The topological polar surface area (TPSA) is 239 Å². The Labute approximate surface area is 287 Å². The number of oxime groups is 1. The summed E-state index contributed by atoms with van der Waals surface area (Å²) >= 11 is 2.44. The van der Waals surface area contributed by atoms with E-state index in [1.807, 2.05) is 6.92 Å². The van der Waals surface area contributed by atoms with Gasteiger partial charge < -0.3 is 40.0 Å². The fourth-order valence-electron chi connectivity index (χ4n) is 6.50. The van der Waals surface area contributed by atoms with Gasteiger partial charge in [0.2, 0.25) is 11.5 Å². The number of anilines is 1. The summed E-state index contributed by atoms with van der Waals surface area (Å²) in [5.74, 6) is -5.23. The predicted octanol–water partition coefficient (Wildman–Crippen LogP) is 2.89. The van der Waals surface area contributed by atoms with Crippen molar-refractivity contribution in [1.29, 1.82) is 0 Å². The Kier molecular flexibility index (Phi) is 8.83. The molecule has 6 N–H and O–H groups in total. The Hall–Kier alpha value is -4.68. The number of thioether (sulfide) groups is 1. The number of nitrogens with two attached hydrogens (primary N) is 1. The van der Waals surface area contributed by atoms with E-state index in [1.54, 1.807) is 0 Å². The number of hydrogen-bond donors (Lipinski definition) is 5. The molecule has 3 aromatic rings. The highest BCUT2D eigenvalue weighted by Gasteiger charge is 2.56. The smallest absolute Gasteiger partial charge is 0.352 e. The minimum Gasteiger partial charge on any atom is -0.504 e. The van der Waals surface area contributed by atoms with Crippen molar-refractivity contribution in [2.45, 2.75) is 62.8 Å². The van der Waals surface area contributed by atoms with Crippen LogP contribution in [-0.2, 0) is 30.6 Å². The largest absolute Gasteiger partial charge is 0.504 e. The number of hydrogen-bond acceptors (Lipinski definition) is 14. The second kappa shape index (κ2) is 12.6. The summed E-state index contributed by atoms with van der Waals surface area (Å²) in [5, 5.41) is 49.1. The van der Waals surface area contributed by atoms with Crippen molar-refractivity contribution in [2.24, 2.45) is 11.1 Å². The van der Waals surface area contributed by atoms with Gasteiger partial charge in [0.25, 0.3) is 0 Å². The SMILES string of the molecule is C[C@@H]1S[C@@H]2[C@H](CC(=O)/C(=N\OC(C)(C)C(=O)O)c3csc(N)n3)C(=O)N2C(C(=O)O)=C1C[N+]1(Cc2noc3cc(O)c(O)cc23)CCCC1. The number of phenols is 2. The van der Waals surface area contributed by atoms with Crippen LogP contribution in [0.3, 0.4) is 0 Å². The van der Waals surface area contributed by atoms with Gasteiger partial charge in [-0.05, 0) is 26.8 Å². The molecule has 1 amide bonds. The van der Waals surface area contributed by atoms with Crippen LogP contribution in [0, 0.1) is 5.92 Å². The molecular weight excluding hydrogens is 681 g/mol. The molecule has 5 heterocycles. The molecule has 0 radical (unpaired) electrons. The lowest BCUT2D eigenvalue weighted by molar-refractivity contribution is -0.925. The summed E-state index contributed by atoms with van der Waals surface area (Å²) < 4.78 is 5.88. The van der Waals surface area contributed by atoms with E-state index >= 15 is 0 Å². The fraction of sp³-hybridized carbons (Fsp3) is 0.452. The van der Waals surface area contributed by atoms with E-state index in [-0.39, 0.29) is 45.4 Å². The molecule has 0 saturated carbocycles. The summed E-state index contributed by atoms with van der Waals surface area (Å²) in [6.07, 6.45) is 1.46. The molecule has 3 atom stereocenters. The molecule has 0 unspecified atom stereocenters. The van der Waals surface area contributed by atoms with Crippen LogP contribution in [-0.4, -0.2) is 105 Å². The highest BCUT2D eigenvalue weighted by atomic mass is 32.2. The van der Waals surface area contributed by atoms with Crippen LogP contribution < -0.4 is 5.73 Å². The Balaban J connectivity index is 1.26. The van der Waals surface area contributed by atoms with Crippen LogP contribution >= 0.6 is 23.1 Å². The molecule has 260 valence electrons. The van der Waals surface area contributed by atoms with Crippen molar-refractivity contribution in [1.82, 2.24) is 15.0 Å². The number of likely N-dealkylation sites (tertiary alicyclic amines) is 1. The zero-order valence-electron chi connectivity index (χ0n) is 26.8. The van der Waals surface area contributed by atoms with Crippen LogP contribution in [0.1, 0.15) is 51.4 Å². The van der Waals surface area contributed by atoms with Crippen molar-refractivity contribution in [3.8, 4) is 11.5 Å². The Morgan fingerprint density at radius 1 is 1.16 bits per heavy atom. The summed E-state index contributed by atoms with van der Waals surface area (Å²) in [7, 11) is 0. The molecule has 0 bridgehead atoms. The summed E-state index contributed by atoms with van der Waals surface area (Å²) in [6.45, 7) is 6.57. The number of carboxylic acids is 2. The van der Waals surface area contributed by atoms with Crippen LogP contribution in [0.25, 0.3) is 11.0 Å². The lowest BCUT2D eigenvalue weighted by atomic mass is 9.88. The van der Waals surface area contributed by atoms with E-state index in [0.29, 0.717) is 39.8 Å². The summed E-state index contributed by atoms with van der Waals surface area (Å²) in [5.41, 5.74) is 5.14. The van der Waals surface area contributed by atoms with Crippen LogP contribution in [0.4, 0.5) is 5.13 Å². The lowest BCUT2D eigenvalue weighted by Crippen LogP contribution is -2.63. The second-order valence-electron chi connectivity index (χ2n) is 13.0. The van der Waals surface area contributed by atoms with Gasteiger partial charge in [0.15, 0.2) is 33.7 Å². The van der Waals surface area contributed by atoms with Gasteiger partial charge in [0.05, 0.1) is 29.8 Å². The van der Waals surface area contributed by atoms with E-state index in [1.165, 1.54) is 48.0 Å². The molecule has 2 aromatic heterocycles. The number of phenolic OH excluding ortho intramolecular Hbond substituents is 2. The number of benzene rings is 1. The fourth-order valence-corrected chi connectivity index (χ4v) is 8.55. The number of quaternary nitrogens is 1. The number of aromatic nitrogens is 2. The number of ketones is 1. The molecule has 2 saturated heterocycles. The van der Waals surface area contributed by atoms with Crippen molar-refractivity contribution in [3.05, 3.63) is 40.2 Å². The Morgan fingerprint density at radius 3 is 2.49 bits per heavy atom. The maximum Gasteiger partial charge on any atom is 0.352 e. The number of nitrogen functional groups attached to an aromatic ring is 1. The van der Waals surface area contributed by atoms with Gasteiger partial charge in [0.1, 0.15) is 30.2 Å². The molecule has 18 heteroatoms. The van der Waals surface area contributed by atoms with Gasteiger partial charge in [-0.3, -0.25) is 14.5 Å². The van der Waals surface area contributed by atoms with Gasteiger partial charge in [0, 0.05) is 41.5 Å². The zero-order chi connectivity index (χ0) is 35.4. The number of rotatable bonds is 12. The number of aliphatic carboxylic acids is 2. The van der Waals surface area contributed by atoms with Crippen molar-refractivity contribution in [3.63, 3.8) is 0 Å². The van der Waals surface area contributed by atoms with Crippen LogP contribution in [0.2, 0.25) is 0 Å². The quantitative estimate of drug-likeness (QED) is 0.0596. The minimum atomic E-state index is -1.76. The molecule has 3 aliphatic heterocycles. The van der Waals surface area contributed by atoms with Crippen LogP contribution in [0.15, 0.2) is 38.5 Å². The molecule has 2 fully saturated rings. The number of carbonyl (C=O) groups excluding carboxylic acids is 2. The monoisotopic (exact) mass is 715 g/mol. The van der Waals surface area contributed by atoms with E-state index < -0.39 is 40.5 Å². The van der Waals surface area contributed by atoms with Gasteiger partial charge >= 0.3 is 11.9 Å². The van der Waals surface area contributed by atoms with Crippen molar-refractivity contribution >= 4 is 68.5 Å². The number of β-lactam (4-membered cyclic amide) rings is 1. The molecule has 1 aromatic carbocycles. The molecule has 16 nitrogen and oxygen atoms in total. The number of Topliss-reactive ketones (excluding diaryl/α,β-unsaturated/α-hetero) is 1. The first-order valence-corrected chi connectivity index (χ1v) is 17.3. The third-order valence-electron chi connectivity index (χ3n) is 9.20. The van der Waals surface area contributed by atoms with Gasteiger partial charge in [-0.25, -0.2) is 14.6 Å². The average molecular weight is 716 g/mol. The second-order valence-corrected chi connectivity index (χ2v) is 15.3. The predicted molar refractivity (Wildman–Crippen MR) is 176 cm³/mol. The van der Waals surface area contributed by atoms with Gasteiger partial charge in [-0.2, -0.15) is 0 Å². The first-order valence-electron chi connectivity index (χ1n) is 15.4. The van der Waals surface area contributed by atoms with E-state index in [2.05, 4.69) is 15.3 Å². The van der Waals surface area contributed by atoms with Crippen LogP contribution in [0.5, 0.6) is 11.5 Å². The Morgan fingerprint density at radius 2 is 1.86 bits per heavy atom. The van der Waals surface area contributed by atoms with Gasteiger partial charge in [-0.1, -0.05) is 10.3 Å². The van der Waals surface area contributed by atoms with Gasteiger partial charge in [-0.15, -0.1) is 23.1 Å². The number of thiazole rings is 1.